The smallest absolute Gasteiger partial charge is 0.238 e. The Kier molecular flexibility index (Phi) is 5.55. The molecule has 6 heteroatoms. The first-order valence-electron chi connectivity index (χ1n) is 6.69. The standard InChI is InChI=1S/C14H18BrN3O2/c15-11-3-1-2-4-12(11)18-13(19)9-16-7-8-17-14(20)10-5-6-10/h1-4,10,16H,5-9H2,(H,17,20)(H,18,19). The van der Waals surface area contributed by atoms with Crippen LogP contribution in [-0.2, 0) is 9.59 Å². The molecule has 0 radical (unpaired) electrons. The van der Waals surface area contributed by atoms with Crippen LogP contribution in [-0.4, -0.2) is 31.4 Å². The Hall–Kier alpha value is -1.40. The van der Waals surface area contributed by atoms with Crippen molar-refractivity contribution >= 4 is 33.4 Å². The zero-order valence-electron chi connectivity index (χ0n) is 11.1. The summed E-state index contributed by atoms with van der Waals surface area (Å²) in [6.45, 7) is 1.36. The Labute approximate surface area is 126 Å². The molecule has 2 amide bonds. The van der Waals surface area contributed by atoms with Gasteiger partial charge in [0.1, 0.15) is 0 Å². The number of hydrogen-bond donors (Lipinski definition) is 3. The summed E-state index contributed by atoms with van der Waals surface area (Å²) in [7, 11) is 0. The lowest BCUT2D eigenvalue weighted by atomic mass is 10.3. The highest BCUT2D eigenvalue weighted by atomic mass is 79.9. The van der Waals surface area contributed by atoms with E-state index in [4.69, 9.17) is 0 Å². The Bertz CT molecular complexity index is 489. The fraction of sp³-hybridized carbons (Fsp3) is 0.429. The number of para-hydroxylation sites is 1. The predicted molar refractivity (Wildman–Crippen MR) is 81.4 cm³/mol. The number of amides is 2. The van der Waals surface area contributed by atoms with Crippen molar-refractivity contribution in [1.29, 1.82) is 0 Å². The first-order valence-corrected chi connectivity index (χ1v) is 7.49. The lowest BCUT2D eigenvalue weighted by Gasteiger charge is -2.08. The van der Waals surface area contributed by atoms with Crippen LogP contribution >= 0.6 is 15.9 Å². The molecule has 0 unspecified atom stereocenters. The van der Waals surface area contributed by atoms with Crippen molar-refractivity contribution in [3.8, 4) is 0 Å². The van der Waals surface area contributed by atoms with Crippen LogP contribution < -0.4 is 16.0 Å². The van der Waals surface area contributed by atoms with Gasteiger partial charge < -0.3 is 16.0 Å². The highest BCUT2D eigenvalue weighted by molar-refractivity contribution is 9.10. The molecule has 0 aromatic heterocycles. The Morgan fingerprint density at radius 3 is 2.65 bits per heavy atom. The molecule has 0 spiro atoms. The summed E-state index contributed by atoms with van der Waals surface area (Å²) >= 11 is 3.37. The van der Waals surface area contributed by atoms with Gasteiger partial charge in [0, 0.05) is 23.5 Å². The Balaban J connectivity index is 1.58. The lowest BCUT2D eigenvalue weighted by molar-refractivity contribution is -0.122. The van der Waals surface area contributed by atoms with Gasteiger partial charge in [-0.1, -0.05) is 12.1 Å². The summed E-state index contributed by atoms with van der Waals surface area (Å²) < 4.78 is 0.852. The molecule has 108 valence electrons. The highest BCUT2D eigenvalue weighted by Crippen LogP contribution is 2.28. The van der Waals surface area contributed by atoms with Crippen LogP contribution in [0.2, 0.25) is 0 Å². The van der Waals surface area contributed by atoms with E-state index >= 15 is 0 Å². The predicted octanol–water partition coefficient (Wildman–Crippen LogP) is 1.50. The minimum atomic E-state index is -0.106. The average molecular weight is 340 g/mol. The van der Waals surface area contributed by atoms with Gasteiger partial charge in [0.25, 0.3) is 0 Å². The van der Waals surface area contributed by atoms with E-state index in [0.29, 0.717) is 13.1 Å². The highest BCUT2D eigenvalue weighted by Gasteiger charge is 2.28. The number of carbonyl (C=O) groups is 2. The molecule has 1 saturated carbocycles. The fourth-order valence-corrected chi connectivity index (χ4v) is 2.11. The average Bonchev–Trinajstić information content (AvgIpc) is 3.25. The first-order chi connectivity index (χ1) is 9.66. The van der Waals surface area contributed by atoms with Crippen molar-refractivity contribution in [3.05, 3.63) is 28.7 Å². The molecule has 0 saturated heterocycles. The Morgan fingerprint density at radius 2 is 1.95 bits per heavy atom. The maximum atomic E-state index is 11.7. The SMILES string of the molecule is O=C(CNCCNC(=O)C1CC1)Nc1ccccc1Br. The molecule has 1 aliphatic rings. The minimum absolute atomic E-state index is 0.106. The summed E-state index contributed by atoms with van der Waals surface area (Å²) in [6.07, 6.45) is 2.02. The molecule has 0 heterocycles. The van der Waals surface area contributed by atoms with Crippen molar-refractivity contribution < 1.29 is 9.59 Å². The van der Waals surface area contributed by atoms with E-state index in [1.807, 2.05) is 24.3 Å². The maximum Gasteiger partial charge on any atom is 0.238 e. The molecule has 1 aromatic carbocycles. The third-order valence-corrected chi connectivity index (χ3v) is 3.67. The zero-order chi connectivity index (χ0) is 14.4. The third-order valence-electron chi connectivity index (χ3n) is 2.98. The number of hydrogen-bond acceptors (Lipinski definition) is 3. The molecule has 0 aliphatic heterocycles. The van der Waals surface area contributed by atoms with Gasteiger partial charge in [-0.25, -0.2) is 0 Å². The van der Waals surface area contributed by atoms with Gasteiger partial charge in [0.05, 0.1) is 12.2 Å². The topological polar surface area (TPSA) is 70.2 Å². The van der Waals surface area contributed by atoms with Crippen LogP contribution in [0.3, 0.4) is 0 Å². The molecule has 1 aromatic rings. The fourth-order valence-electron chi connectivity index (χ4n) is 1.72. The van der Waals surface area contributed by atoms with Crippen LogP contribution in [0.15, 0.2) is 28.7 Å². The summed E-state index contributed by atoms with van der Waals surface area (Å²) in [5, 5.41) is 8.64. The third kappa shape index (κ3) is 4.94. The molecule has 0 bridgehead atoms. The van der Waals surface area contributed by atoms with E-state index in [1.165, 1.54) is 0 Å². The summed E-state index contributed by atoms with van der Waals surface area (Å²) in [5.74, 6) is 0.253. The van der Waals surface area contributed by atoms with Crippen molar-refractivity contribution in [3.63, 3.8) is 0 Å². The second-order valence-corrected chi connectivity index (χ2v) is 5.62. The second kappa shape index (κ2) is 7.40. The summed E-state index contributed by atoms with van der Waals surface area (Å²) in [6, 6.07) is 7.45. The van der Waals surface area contributed by atoms with Gasteiger partial charge in [0.15, 0.2) is 0 Å². The van der Waals surface area contributed by atoms with Crippen LogP contribution in [0.25, 0.3) is 0 Å². The summed E-state index contributed by atoms with van der Waals surface area (Å²) in [4.78, 5) is 23.1. The summed E-state index contributed by atoms with van der Waals surface area (Å²) in [5.41, 5.74) is 0.751. The normalized spacial score (nSPS) is 13.8. The van der Waals surface area contributed by atoms with E-state index in [9.17, 15) is 9.59 Å². The van der Waals surface area contributed by atoms with E-state index < -0.39 is 0 Å². The molecule has 1 fully saturated rings. The van der Waals surface area contributed by atoms with E-state index in [2.05, 4.69) is 31.9 Å². The first kappa shape index (κ1) is 15.0. The van der Waals surface area contributed by atoms with Gasteiger partial charge >= 0.3 is 0 Å². The second-order valence-electron chi connectivity index (χ2n) is 4.77. The number of nitrogens with one attached hydrogen (secondary N) is 3. The number of carbonyl (C=O) groups excluding carboxylic acids is 2. The van der Waals surface area contributed by atoms with E-state index in [1.54, 1.807) is 0 Å². The maximum absolute atomic E-state index is 11.7. The molecule has 5 nitrogen and oxygen atoms in total. The molecule has 1 aliphatic carbocycles. The number of benzene rings is 1. The number of halogens is 1. The largest absolute Gasteiger partial charge is 0.355 e. The van der Waals surface area contributed by atoms with Crippen LogP contribution in [0.1, 0.15) is 12.8 Å². The van der Waals surface area contributed by atoms with Crippen LogP contribution in [0.5, 0.6) is 0 Å². The van der Waals surface area contributed by atoms with E-state index in [-0.39, 0.29) is 24.3 Å². The molecule has 2 rings (SSSR count). The minimum Gasteiger partial charge on any atom is -0.355 e. The van der Waals surface area contributed by atoms with Crippen molar-refractivity contribution in [2.24, 2.45) is 5.92 Å². The van der Waals surface area contributed by atoms with Crippen molar-refractivity contribution in [2.75, 3.05) is 25.0 Å². The molecule has 20 heavy (non-hydrogen) atoms. The van der Waals surface area contributed by atoms with Gasteiger partial charge in [-0.3, -0.25) is 9.59 Å². The Morgan fingerprint density at radius 1 is 1.20 bits per heavy atom. The van der Waals surface area contributed by atoms with Crippen LogP contribution in [0, 0.1) is 5.92 Å². The van der Waals surface area contributed by atoms with Gasteiger partial charge in [-0.05, 0) is 40.9 Å². The molecular weight excluding hydrogens is 322 g/mol. The monoisotopic (exact) mass is 339 g/mol. The van der Waals surface area contributed by atoms with Crippen LogP contribution in [0.4, 0.5) is 5.69 Å². The molecule has 3 N–H and O–H groups in total. The molecular formula is C14H18BrN3O2. The van der Waals surface area contributed by atoms with Crippen molar-refractivity contribution in [1.82, 2.24) is 10.6 Å². The van der Waals surface area contributed by atoms with Gasteiger partial charge in [0.2, 0.25) is 11.8 Å². The quantitative estimate of drug-likeness (QED) is 0.659. The number of rotatable bonds is 7. The number of anilines is 1. The van der Waals surface area contributed by atoms with Gasteiger partial charge in [-0.2, -0.15) is 0 Å². The zero-order valence-corrected chi connectivity index (χ0v) is 12.7. The van der Waals surface area contributed by atoms with E-state index in [0.717, 1.165) is 23.0 Å². The van der Waals surface area contributed by atoms with Gasteiger partial charge in [-0.15, -0.1) is 0 Å². The molecule has 0 atom stereocenters. The lowest BCUT2D eigenvalue weighted by Crippen LogP contribution is -2.36. The van der Waals surface area contributed by atoms with Crippen molar-refractivity contribution in [2.45, 2.75) is 12.8 Å².